The number of esters is 1. The van der Waals surface area contributed by atoms with E-state index in [9.17, 15) is 4.79 Å². The lowest BCUT2D eigenvalue weighted by Gasteiger charge is -2.12. The van der Waals surface area contributed by atoms with Gasteiger partial charge in [-0.25, -0.2) is 4.79 Å². The van der Waals surface area contributed by atoms with E-state index in [-0.39, 0.29) is 0 Å². The van der Waals surface area contributed by atoms with Crippen LogP contribution in [0.1, 0.15) is 35.0 Å². The molecule has 5 heteroatoms. The van der Waals surface area contributed by atoms with Gasteiger partial charge in [0, 0.05) is 5.56 Å². The van der Waals surface area contributed by atoms with Gasteiger partial charge in [0.15, 0.2) is 0 Å². The van der Waals surface area contributed by atoms with E-state index in [4.69, 9.17) is 4.74 Å². The summed E-state index contributed by atoms with van der Waals surface area (Å²) in [6, 6.07) is 5.71. The number of H-pyrrole nitrogens is 1. The quantitative estimate of drug-likeness (QED) is 0.858. The maximum atomic E-state index is 11.5. The third-order valence-electron chi connectivity index (χ3n) is 3.19. The van der Waals surface area contributed by atoms with Gasteiger partial charge in [0.25, 0.3) is 0 Å². The zero-order chi connectivity index (χ0) is 15.4. The Morgan fingerprint density at radius 2 is 1.90 bits per heavy atom. The third-order valence-corrected chi connectivity index (χ3v) is 3.19. The van der Waals surface area contributed by atoms with Gasteiger partial charge in [-0.1, -0.05) is 6.92 Å². The normalized spacial score (nSPS) is 10.5. The number of methoxy groups -OCH3 is 1. The van der Waals surface area contributed by atoms with Crippen LogP contribution in [0.2, 0.25) is 0 Å². The Hall–Kier alpha value is -2.30. The maximum Gasteiger partial charge on any atom is 0.356 e. The van der Waals surface area contributed by atoms with E-state index in [2.05, 4.69) is 21.9 Å². The molecule has 0 aliphatic rings. The van der Waals surface area contributed by atoms with Gasteiger partial charge in [-0.2, -0.15) is 5.10 Å². The molecule has 1 N–H and O–H groups in total. The first kappa shape index (κ1) is 15.1. The summed E-state index contributed by atoms with van der Waals surface area (Å²) in [5.74, 6) is 0.495. The van der Waals surface area contributed by atoms with Crippen molar-refractivity contribution in [2.45, 2.75) is 27.2 Å². The number of carbonyl (C=O) groups is 1. The Bertz CT molecular complexity index is 624. The zero-order valence-electron chi connectivity index (χ0n) is 12.8. The number of nitrogens with zero attached hydrogens (tertiary/aromatic N) is 1. The summed E-state index contributed by atoms with van der Waals surface area (Å²) in [4.78, 5) is 11.5. The van der Waals surface area contributed by atoms with Crippen LogP contribution in [-0.4, -0.2) is 29.9 Å². The predicted molar refractivity (Wildman–Crippen MR) is 80.6 cm³/mol. The molecule has 0 bridgehead atoms. The molecular formula is C16H20N2O3. The Balaban J connectivity index is 2.33. The molecule has 1 aromatic heterocycles. The van der Waals surface area contributed by atoms with Crippen molar-refractivity contribution in [1.29, 1.82) is 0 Å². The number of ether oxygens (including phenoxy) is 2. The summed E-state index contributed by atoms with van der Waals surface area (Å²) in [5.41, 5.74) is 4.11. The number of aromatic nitrogens is 2. The van der Waals surface area contributed by atoms with Crippen LogP contribution in [0, 0.1) is 13.8 Å². The molecule has 0 amide bonds. The van der Waals surface area contributed by atoms with Crippen molar-refractivity contribution in [3.05, 3.63) is 35.0 Å². The van der Waals surface area contributed by atoms with Crippen molar-refractivity contribution in [3.63, 3.8) is 0 Å². The van der Waals surface area contributed by atoms with E-state index in [1.165, 1.54) is 7.11 Å². The van der Waals surface area contributed by atoms with Gasteiger partial charge < -0.3 is 9.47 Å². The molecule has 0 radical (unpaired) electrons. The zero-order valence-corrected chi connectivity index (χ0v) is 12.8. The Kier molecular flexibility index (Phi) is 4.62. The molecule has 0 aliphatic carbocycles. The van der Waals surface area contributed by atoms with Crippen LogP contribution in [0.5, 0.6) is 5.75 Å². The van der Waals surface area contributed by atoms with E-state index < -0.39 is 5.97 Å². The van der Waals surface area contributed by atoms with Crippen LogP contribution in [0.25, 0.3) is 11.3 Å². The molecule has 0 saturated heterocycles. The van der Waals surface area contributed by atoms with E-state index in [0.29, 0.717) is 18.0 Å². The van der Waals surface area contributed by atoms with E-state index in [1.807, 2.05) is 26.0 Å². The minimum absolute atomic E-state index is 0.342. The molecule has 0 fully saturated rings. The molecular weight excluding hydrogens is 268 g/mol. The summed E-state index contributed by atoms with van der Waals surface area (Å²) >= 11 is 0. The average Bonchev–Trinajstić information content (AvgIpc) is 2.95. The highest BCUT2D eigenvalue weighted by molar-refractivity contribution is 5.88. The summed E-state index contributed by atoms with van der Waals surface area (Å²) < 4.78 is 10.4. The Labute approximate surface area is 124 Å². The minimum atomic E-state index is -0.426. The lowest BCUT2D eigenvalue weighted by Crippen LogP contribution is -2.00. The summed E-state index contributed by atoms with van der Waals surface area (Å²) in [6.07, 6.45) is 0.975. The average molecular weight is 288 g/mol. The molecule has 5 nitrogen and oxygen atoms in total. The predicted octanol–water partition coefficient (Wildman–Crippen LogP) is 3.27. The van der Waals surface area contributed by atoms with Crippen molar-refractivity contribution in [2.24, 2.45) is 0 Å². The number of rotatable bonds is 5. The number of benzene rings is 1. The van der Waals surface area contributed by atoms with Crippen LogP contribution in [0.3, 0.4) is 0 Å². The SMILES string of the molecule is CCCOc1c(C)cc(-c2cc(C(=O)OC)[nH]n2)cc1C. The van der Waals surface area contributed by atoms with Gasteiger partial charge in [0.1, 0.15) is 11.4 Å². The van der Waals surface area contributed by atoms with E-state index in [0.717, 1.165) is 28.9 Å². The second-order valence-corrected chi connectivity index (χ2v) is 4.95. The number of hydrogen-bond donors (Lipinski definition) is 1. The van der Waals surface area contributed by atoms with E-state index >= 15 is 0 Å². The van der Waals surface area contributed by atoms with Crippen molar-refractivity contribution in [1.82, 2.24) is 10.2 Å². The highest BCUT2D eigenvalue weighted by Gasteiger charge is 2.13. The monoisotopic (exact) mass is 288 g/mol. The van der Waals surface area contributed by atoms with Crippen LogP contribution in [0.4, 0.5) is 0 Å². The van der Waals surface area contributed by atoms with Crippen LogP contribution in [0.15, 0.2) is 18.2 Å². The number of aryl methyl sites for hydroxylation is 2. The second-order valence-electron chi connectivity index (χ2n) is 4.95. The molecule has 0 unspecified atom stereocenters. The van der Waals surface area contributed by atoms with Crippen molar-refractivity contribution >= 4 is 5.97 Å². The minimum Gasteiger partial charge on any atom is -0.493 e. The summed E-state index contributed by atoms with van der Waals surface area (Å²) in [6.45, 7) is 6.80. The Morgan fingerprint density at radius 1 is 1.24 bits per heavy atom. The summed E-state index contributed by atoms with van der Waals surface area (Å²) in [7, 11) is 1.34. The topological polar surface area (TPSA) is 64.2 Å². The van der Waals surface area contributed by atoms with Crippen molar-refractivity contribution < 1.29 is 14.3 Å². The maximum absolute atomic E-state index is 11.5. The lowest BCUT2D eigenvalue weighted by molar-refractivity contribution is 0.0594. The van der Waals surface area contributed by atoms with Gasteiger partial charge in [-0.3, -0.25) is 5.10 Å². The molecule has 0 atom stereocenters. The third kappa shape index (κ3) is 3.24. The fraction of sp³-hybridized carbons (Fsp3) is 0.375. The van der Waals surface area contributed by atoms with Crippen molar-refractivity contribution in [2.75, 3.05) is 13.7 Å². The molecule has 0 spiro atoms. The number of nitrogens with one attached hydrogen (secondary N) is 1. The molecule has 2 rings (SSSR count). The smallest absolute Gasteiger partial charge is 0.356 e. The van der Waals surface area contributed by atoms with Gasteiger partial charge in [-0.05, 0) is 49.6 Å². The first-order valence-corrected chi connectivity index (χ1v) is 6.95. The summed E-state index contributed by atoms with van der Waals surface area (Å²) in [5, 5.41) is 6.85. The van der Waals surface area contributed by atoms with Crippen molar-refractivity contribution in [3.8, 4) is 17.0 Å². The van der Waals surface area contributed by atoms with Gasteiger partial charge in [0.2, 0.25) is 0 Å². The molecule has 0 saturated carbocycles. The van der Waals surface area contributed by atoms with Crippen LogP contribution >= 0.6 is 0 Å². The lowest BCUT2D eigenvalue weighted by atomic mass is 10.0. The van der Waals surface area contributed by atoms with Crippen LogP contribution < -0.4 is 4.74 Å². The highest BCUT2D eigenvalue weighted by atomic mass is 16.5. The largest absolute Gasteiger partial charge is 0.493 e. The number of carbonyl (C=O) groups excluding carboxylic acids is 1. The number of aromatic amines is 1. The molecule has 1 aromatic carbocycles. The first-order chi connectivity index (χ1) is 10.1. The van der Waals surface area contributed by atoms with Gasteiger partial charge in [0.05, 0.1) is 19.4 Å². The Morgan fingerprint density at radius 3 is 2.48 bits per heavy atom. The highest BCUT2D eigenvalue weighted by Crippen LogP contribution is 2.29. The molecule has 112 valence electrons. The van der Waals surface area contributed by atoms with E-state index in [1.54, 1.807) is 6.07 Å². The molecule has 21 heavy (non-hydrogen) atoms. The van der Waals surface area contributed by atoms with Crippen LogP contribution in [-0.2, 0) is 4.74 Å². The molecule has 0 aliphatic heterocycles. The van der Waals surface area contributed by atoms with Gasteiger partial charge in [-0.15, -0.1) is 0 Å². The fourth-order valence-electron chi connectivity index (χ4n) is 2.21. The fourth-order valence-corrected chi connectivity index (χ4v) is 2.21. The van der Waals surface area contributed by atoms with Gasteiger partial charge >= 0.3 is 5.97 Å². The standard InChI is InChI=1S/C16H20N2O3/c1-5-6-21-15-10(2)7-12(8-11(15)3)13-9-14(18-17-13)16(19)20-4/h7-9H,5-6H2,1-4H3,(H,17,18). The second kappa shape index (κ2) is 6.43. The number of hydrogen-bond acceptors (Lipinski definition) is 4. The molecule has 1 heterocycles. The molecule has 2 aromatic rings. The first-order valence-electron chi connectivity index (χ1n) is 6.95.